The minimum Gasteiger partial charge on any atom is -0.491 e. The van der Waals surface area contributed by atoms with Crippen molar-refractivity contribution in [2.24, 2.45) is 23.3 Å². The molecule has 0 aliphatic heterocycles. The number of nitrogens with two attached hydrogens (primary N) is 2. The molecule has 0 spiro atoms. The van der Waals surface area contributed by atoms with E-state index in [0.29, 0.717) is 83.2 Å². The number of benzene rings is 2. The smallest absolute Gasteiger partial charge is 0.276 e. The van der Waals surface area contributed by atoms with E-state index in [0.717, 1.165) is 0 Å². The van der Waals surface area contributed by atoms with E-state index in [1.807, 2.05) is 36.8 Å². The van der Waals surface area contributed by atoms with Crippen LogP contribution in [-0.4, -0.2) is 80.6 Å². The summed E-state index contributed by atoms with van der Waals surface area (Å²) in [4.78, 5) is 61.3. The molecule has 2 unspecified atom stereocenters. The van der Waals surface area contributed by atoms with Gasteiger partial charge in [-0.15, -0.1) is 0 Å². The Balaban J connectivity index is 1.39. The van der Waals surface area contributed by atoms with Crippen LogP contribution >= 0.6 is 0 Å². The Morgan fingerprint density at radius 3 is 1.82 bits per heavy atom. The zero-order valence-electron chi connectivity index (χ0n) is 32.9. The number of rotatable bonds is 17. The van der Waals surface area contributed by atoms with Gasteiger partial charge in [-0.05, 0) is 82.0 Å². The third-order valence-electron chi connectivity index (χ3n) is 9.92. The minimum atomic E-state index is -0.680. The predicted octanol–water partition coefficient (Wildman–Crippen LogP) is 3.87. The Kier molecular flexibility index (Phi) is 11.7. The maximum absolute atomic E-state index is 13.8. The van der Waals surface area contributed by atoms with Crippen molar-refractivity contribution in [3.8, 4) is 5.75 Å². The standard InChI is InChI=1S/C39H48N12O6/c1-7-50-30(14-23(5)46-50)36(55)44-38-42-27-16-25(34(40)53)10-11-29(27)48(38)19-21(3)22(4)20-49-33-28(17-26(35(41)54)18-32(33)57-13-9-12-52)43-39(49)45-37(56)31-15-24(6)47-51(31)8-2/h10-11,14-18,21-22,52H,7-9,12-13,19-20H2,1-6H3,(H2,40,53)(H2,41,54)(H,42,44,55)(H,43,45,56). The van der Waals surface area contributed by atoms with Gasteiger partial charge in [0.1, 0.15) is 22.7 Å². The zero-order chi connectivity index (χ0) is 41.1. The number of carbonyl (C=O) groups excluding carboxylic acids is 4. The van der Waals surface area contributed by atoms with Crippen LogP contribution in [0.2, 0.25) is 0 Å². The highest BCUT2D eigenvalue weighted by Crippen LogP contribution is 2.34. The molecular formula is C39H48N12O6. The van der Waals surface area contributed by atoms with Gasteiger partial charge in [0.2, 0.25) is 23.7 Å². The third kappa shape index (κ3) is 8.35. The second-order valence-corrected chi connectivity index (χ2v) is 14.1. The molecule has 0 fully saturated rings. The number of aromatic nitrogens is 8. The van der Waals surface area contributed by atoms with Crippen LogP contribution in [0.4, 0.5) is 11.9 Å². The predicted molar refractivity (Wildman–Crippen MR) is 213 cm³/mol. The summed E-state index contributed by atoms with van der Waals surface area (Å²) in [5.41, 5.74) is 15.9. The third-order valence-corrected chi connectivity index (χ3v) is 9.92. The molecule has 300 valence electrons. The van der Waals surface area contributed by atoms with Gasteiger partial charge in [-0.25, -0.2) is 9.97 Å². The van der Waals surface area contributed by atoms with Gasteiger partial charge in [0, 0.05) is 50.3 Å². The SMILES string of the molecule is CCn1nc(C)cc1C(=O)Nc1nc2cc(C(N)=O)ccc2n1CC(C)C(C)Cn1c(NC(=O)c2cc(C)nn2CC)nc2cc(C(N)=O)cc(OCCCO)c21. The van der Waals surface area contributed by atoms with E-state index in [-0.39, 0.29) is 48.1 Å². The molecule has 6 aromatic rings. The Bertz CT molecular complexity index is 2490. The Morgan fingerprint density at radius 2 is 1.28 bits per heavy atom. The van der Waals surface area contributed by atoms with Gasteiger partial charge in [-0.3, -0.25) is 39.2 Å². The summed E-state index contributed by atoms with van der Waals surface area (Å²) in [5.74, 6) is -1.52. The van der Waals surface area contributed by atoms with Gasteiger partial charge in [-0.1, -0.05) is 13.8 Å². The number of nitrogens with zero attached hydrogens (tertiary/aromatic N) is 8. The van der Waals surface area contributed by atoms with Crippen LogP contribution in [0.15, 0.2) is 42.5 Å². The fourth-order valence-corrected chi connectivity index (χ4v) is 6.77. The lowest BCUT2D eigenvalue weighted by molar-refractivity contribution is 0.0992. The number of aliphatic hydroxyl groups excluding tert-OH is 1. The van der Waals surface area contributed by atoms with Crippen LogP contribution in [0.1, 0.15) is 87.2 Å². The molecule has 0 aliphatic carbocycles. The highest BCUT2D eigenvalue weighted by atomic mass is 16.5. The molecule has 7 N–H and O–H groups in total. The van der Waals surface area contributed by atoms with Crippen molar-refractivity contribution < 1.29 is 29.0 Å². The van der Waals surface area contributed by atoms with Crippen LogP contribution in [0.5, 0.6) is 5.75 Å². The summed E-state index contributed by atoms with van der Waals surface area (Å²) in [7, 11) is 0. The van der Waals surface area contributed by atoms with Gasteiger partial charge >= 0.3 is 0 Å². The molecule has 4 heterocycles. The first-order valence-corrected chi connectivity index (χ1v) is 18.8. The maximum Gasteiger partial charge on any atom is 0.276 e. The average Bonchev–Trinajstić information content (AvgIpc) is 3.93. The molecule has 2 atom stereocenters. The molecule has 0 saturated heterocycles. The number of carbonyl (C=O) groups is 4. The summed E-state index contributed by atoms with van der Waals surface area (Å²) in [5, 5.41) is 24.2. The van der Waals surface area contributed by atoms with Gasteiger partial charge in [0.05, 0.1) is 34.5 Å². The number of fused-ring (bicyclic) bond motifs is 2. The lowest BCUT2D eigenvalue weighted by Gasteiger charge is -2.24. The van der Waals surface area contributed by atoms with Crippen molar-refractivity contribution in [2.45, 2.75) is 74.1 Å². The number of anilines is 2. The molecule has 4 amide bonds. The quantitative estimate of drug-likeness (QED) is 0.0837. The van der Waals surface area contributed by atoms with Crippen molar-refractivity contribution in [1.29, 1.82) is 0 Å². The highest BCUT2D eigenvalue weighted by molar-refractivity contribution is 6.05. The first-order valence-electron chi connectivity index (χ1n) is 18.8. The van der Waals surface area contributed by atoms with E-state index in [1.165, 1.54) is 6.07 Å². The largest absolute Gasteiger partial charge is 0.491 e. The Morgan fingerprint density at radius 1 is 0.754 bits per heavy atom. The summed E-state index contributed by atoms with van der Waals surface area (Å²) < 4.78 is 13.1. The number of nitrogens with one attached hydrogen (secondary N) is 2. The van der Waals surface area contributed by atoms with E-state index < -0.39 is 23.6 Å². The van der Waals surface area contributed by atoms with Gasteiger partial charge < -0.3 is 30.4 Å². The van der Waals surface area contributed by atoms with Crippen LogP contribution < -0.4 is 26.8 Å². The fraction of sp³-hybridized carbons (Fsp3) is 0.385. The zero-order valence-corrected chi connectivity index (χ0v) is 32.9. The van der Waals surface area contributed by atoms with Crippen molar-refractivity contribution in [3.05, 3.63) is 76.4 Å². The topological polar surface area (TPSA) is 245 Å². The van der Waals surface area contributed by atoms with Crippen LogP contribution in [0, 0.1) is 25.7 Å². The van der Waals surface area contributed by atoms with E-state index in [1.54, 1.807) is 52.7 Å². The lowest BCUT2D eigenvalue weighted by Crippen LogP contribution is -2.25. The molecule has 0 bridgehead atoms. The number of imidazole rings is 2. The molecule has 6 rings (SSSR count). The van der Waals surface area contributed by atoms with Gasteiger partial charge in [0.15, 0.2) is 0 Å². The van der Waals surface area contributed by atoms with Crippen molar-refractivity contribution >= 4 is 57.6 Å². The molecule has 18 nitrogen and oxygen atoms in total. The van der Waals surface area contributed by atoms with Crippen molar-refractivity contribution in [1.82, 2.24) is 38.7 Å². The maximum atomic E-state index is 13.8. The molecule has 0 radical (unpaired) electrons. The summed E-state index contributed by atoms with van der Waals surface area (Å²) in [6.07, 6.45) is 0.340. The van der Waals surface area contributed by atoms with Crippen LogP contribution in [0.3, 0.4) is 0 Å². The molecule has 0 saturated carbocycles. The highest BCUT2D eigenvalue weighted by Gasteiger charge is 2.26. The van der Waals surface area contributed by atoms with E-state index >= 15 is 0 Å². The number of hydrogen-bond acceptors (Lipinski definition) is 10. The summed E-state index contributed by atoms with van der Waals surface area (Å²) in [6, 6.07) is 11.5. The molecule has 0 aliphatic rings. The first-order chi connectivity index (χ1) is 27.2. The van der Waals surface area contributed by atoms with E-state index in [2.05, 4.69) is 27.8 Å². The van der Waals surface area contributed by atoms with Crippen molar-refractivity contribution in [2.75, 3.05) is 23.8 Å². The molecule has 4 aromatic heterocycles. The second-order valence-electron chi connectivity index (χ2n) is 14.1. The minimum absolute atomic E-state index is 0.102. The number of primary amides is 2. The lowest BCUT2D eigenvalue weighted by atomic mass is 9.95. The van der Waals surface area contributed by atoms with Gasteiger partial charge in [0.25, 0.3) is 11.8 Å². The summed E-state index contributed by atoms with van der Waals surface area (Å²) in [6.45, 7) is 13.2. The number of aryl methyl sites for hydroxylation is 4. The molecule has 57 heavy (non-hydrogen) atoms. The summed E-state index contributed by atoms with van der Waals surface area (Å²) >= 11 is 0. The average molecular weight is 781 g/mol. The number of hydrogen-bond donors (Lipinski definition) is 5. The molecule has 18 heteroatoms. The molecular weight excluding hydrogens is 733 g/mol. The van der Waals surface area contributed by atoms with Crippen LogP contribution in [0.25, 0.3) is 22.1 Å². The first kappa shape index (κ1) is 40.1. The van der Waals surface area contributed by atoms with Gasteiger partial charge in [-0.2, -0.15) is 10.2 Å². The van der Waals surface area contributed by atoms with Crippen LogP contribution in [-0.2, 0) is 26.2 Å². The number of ether oxygens (including phenoxy) is 1. The number of amides is 4. The van der Waals surface area contributed by atoms with Crippen molar-refractivity contribution in [3.63, 3.8) is 0 Å². The Labute approximate surface area is 328 Å². The Hall–Kier alpha value is -6.56. The second kappa shape index (κ2) is 16.7. The monoisotopic (exact) mass is 780 g/mol. The molecule has 2 aromatic carbocycles. The fourth-order valence-electron chi connectivity index (χ4n) is 6.77. The van der Waals surface area contributed by atoms with E-state index in [9.17, 15) is 24.3 Å². The number of aliphatic hydroxyl groups is 1. The van der Waals surface area contributed by atoms with E-state index in [4.69, 9.17) is 26.2 Å². The normalized spacial score (nSPS) is 12.5.